The lowest BCUT2D eigenvalue weighted by atomic mass is 9.99. The molecule has 0 bridgehead atoms. The molecule has 30 heavy (non-hydrogen) atoms. The smallest absolute Gasteiger partial charge is 0.272 e. The zero-order valence-corrected chi connectivity index (χ0v) is 17.4. The molecule has 6 nitrogen and oxygen atoms in total. The van der Waals surface area contributed by atoms with Crippen molar-refractivity contribution in [1.82, 2.24) is 4.57 Å². The monoisotopic (exact) mass is 444 g/mol. The van der Waals surface area contributed by atoms with Crippen molar-refractivity contribution in [3.63, 3.8) is 0 Å². The van der Waals surface area contributed by atoms with Gasteiger partial charge >= 0.3 is 0 Å². The number of halogens is 3. The summed E-state index contributed by atoms with van der Waals surface area (Å²) in [5, 5.41) is 11.7. The molecule has 1 fully saturated rings. The number of aliphatic hydroxyl groups is 1. The maximum absolute atomic E-state index is 13.4. The zero-order chi connectivity index (χ0) is 22.2. The van der Waals surface area contributed by atoms with Crippen LogP contribution in [0.5, 0.6) is 0 Å². The van der Waals surface area contributed by atoms with E-state index in [0.29, 0.717) is 18.6 Å². The highest BCUT2D eigenvalue weighted by Crippen LogP contribution is 2.34. The van der Waals surface area contributed by atoms with Gasteiger partial charge in [0.1, 0.15) is 5.69 Å². The lowest BCUT2D eigenvalue weighted by Crippen LogP contribution is -2.22. The number of amides is 1. The number of carbonyl (C=O) groups is 1. The van der Waals surface area contributed by atoms with Gasteiger partial charge in [-0.3, -0.25) is 4.79 Å². The molecule has 0 saturated heterocycles. The Labute approximate surface area is 172 Å². The first-order valence-electron chi connectivity index (χ1n) is 9.50. The number of hydrogen-bond donors (Lipinski definition) is 2. The van der Waals surface area contributed by atoms with Crippen LogP contribution in [-0.2, 0) is 16.9 Å². The second-order valence-electron chi connectivity index (χ2n) is 7.70. The number of nitrogens with zero attached hydrogens (tertiary/aromatic N) is 1. The maximum atomic E-state index is 13.4. The Morgan fingerprint density at radius 2 is 1.80 bits per heavy atom. The van der Waals surface area contributed by atoms with E-state index in [0.717, 1.165) is 12.8 Å². The average Bonchev–Trinajstić information content (AvgIpc) is 3.22. The first kappa shape index (κ1) is 22.4. The Bertz CT molecular complexity index is 1060. The van der Waals surface area contributed by atoms with Crippen LogP contribution in [0, 0.1) is 36.2 Å². The Morgan fingerprint density at radius 3 is 2.40 bits per heavy atom. The van der Waals surface area contributed by atoms with E-state index in [9.17, 15) is 31.5 Å². The SMILES string of the molecule is Cc1c(S(=O)(=O)CC2CCCC2CO)cn(C)c1C(=O)Nc1cc(F)c(F)c(F)c1. The highest BCUT2D eigenvalue weighted by atomic mass is 32.2. The third kappa shape index (κ3) is 4.24. The summed E-state index contributed by atoms with van der Waals surface area (Å²) in [6.07, 6.45) is 3.68. The topological polar surface area (TPSA) is 88.4 Å². The van der Waals surface area contributed by atoms with Gasteiger partial charge in [-0.25, -0.2) is 21.6 Å². The fourth-order valence-corrected chi connectivity index (χ4v) is 6.19. The van der Waals surface area contributed by atoms with Crippen molar-refractivity contribution in [3.05, 3.63) is 47.0 Å². The van der Waals surface area contributed by atoms with Crippen LogP contribution in [0.15, 0.2) is 23.2 Å². The Balaban J connectivity index is 1.87. The predicted molar refractivity (Wildman–Crippen MR) is 104 cm³/mol. The molecule has 1 aliphatic rings. The molecule has 2 atom stereocenters. The molecule has 10 heteroatoms. The Kier molecular flexibility index (Phi) is 6.28. The molecule has 0 spiro atoms. The van der Waals surface area contributed by atoms with E-state index < -0.39 is 33.2 Å². The van der Waals surface area contributed by atoms with Gasteiger partial charge in [0.25, 0.3) is 5.91 Å². The summed E-state index contributed by atoms with van der Waals surface area (Å²) >= 11 is 0. The molecule has 3 rings (SSSR count). The number of hydrogen-bond acceptors (Lipinski definition) is 4. The highest BCUT2D eigenvalue weighted by molar-refractivity contribution is 7.91. The summed E-state index contributed by atoms with van der Waals surface area (Å²) < 4.78 is 67.2. The van der Waals surface area contributed by atoms with Crippen LogP contribution in [0.4, 0.5) is 18.9 Å². The van der Waals surface area contributed by atoms with Crippen LogP contribution in [0.2, 0.25) is 0 Å². The minimum Gasteiger partial charge on any atom is -0.396 e. The Hall–Kier alpha value is -2.33. The molecular formula is C20H23F3N2O4S. The van der Waals surface area contributed by atoms with Crippen molar-refractivity contribution in [2.24, 2.45) is 18.9 Å². The quantitative estimate of drug-likeness (QED) is 0.670. The normalized spacial score (nSPS) is 19.3. The minimum absolute atomic E-state index is 0.00356. The molecule has 2 N–H and O–H groups in total. The summed E-state index contributed by atoms with van der Waals surface area (Å²) in [5.41, 5.74) is -0.0846. The highest BCUT2D eigenvalue weighted by Gasteiger charge is 2.33. The van der Waals surface area contributed by atoms with Gasteiger partial charge in [0, 0.05) is 37.7 Å². The molecule has 1 aliphatic carbocycles. The van der Waals surface area contributed by atoms with Gasteiger partial charge in [0.2, 0.25) is 0 Å². The minimum atomic E-state index is -3.73. The number of rotatable bonds is 6. The van der Waals surface area contributed by atoms with Gasteiger partial charge in [-0.1, -0.05) is 6.42 Å². The maximum Gasteiger partial charge on any atom is 0.272 e. The molecule has 0 aliphatic heterocycles. The van der Waals surface area contributed by atoms with E-state index in [1.165, 1.54) is 24.7 Å². The number of aliphatic hydroxyl groups excluding tert-OH is 1. The number of anilines is 1. The van der Waals surface area contributed by atoms with E-state index in [4.69, 9.17) is 0 Å². The van der Waals surface area contributed by atoms with Crippen LogP contribution in [-0.4, -0.2) is 36.4 Å². The standard InChI is InChI=1S/C20H23F3N2O4S/c1-11-17(30(28,29)10-13-5-3-4-12(13)9-26)8-25(2)19(11)20(27)24-14-6-15(21)18(23)16(22)7-14/h6-8,12-13,26H,3-5,9-10H2,1-2H3,(H,24,27). The third-order valence-electron chi connectivity index (χ3n) is 5.66. The lowest BCUT2D eigenvalue weighted by molar-refractivity contribution is 0.101. The number of sulfone groups is 1. The van der Waals surface area contributed by atoms with Gasteiger partial charge in [-0.2, -0.15) is 0 Å². The summed E-state index contributed by atoms with van der Waals surface area (Å²) in [7, 11) is -2.24. The van der Waals surface area contributed by atoms with Crippen molar-refractivity contribution in [3.8, 4) is 0 Å². The number of carbonyl (C=O) groups excluding carboxylic acids is 1. The molecule has 0 radical (unpaired) electrons. The van der Waals surface area contributed by atoms with E-state index in [2.05, 4.69) is 5.32 Å². The molecule has 1 heterocycles. The molecule has 1 aromatic carbocycles. The molecule has 2 aromatic rings. The van der Waals surface area contributed by atoms with Gasteiger partial charge in [0.15, 0.2) is 27.3 Å². The van der Waals surface area contributed by atoms with Crippen LogP contribution in [0.1, 0.15) is 35.3 Å². The lowest BCUT2D eigenvalue weighted by Gasteiger charge is -2.17. The van der Waals surface area contributed by atoms with Crippen LogP contribution < -0.4 is 5.32 Å². The molecule has 164 valence electrons. The van der Waals surface area contributed by atoms with Crippen molar-refractivity contribution in [2.45, 2.75) is 31.1 Å². The van der Waals surface area contributed by atoms with Gasteiger partial charge in [-0.15, -0.1) is 0 Å². The first-order chi connectivity index (χ1) is 14.0. The summed E-state index contributed by atoms with van der Waals surface area (Å²) in [6.45, 7) is 1.41. The first-order valence-corrected chi connectivity index (χ1v) is 11.2. The molecular weight excluding hydrogens is 421 g/mol. The molecule has 2 unspecified atom stereocenters. The molecule has 1 amide bonds. The fraction of sp³-hybridized carbons (Fsp3) is 0.450. The van der Waals surface area contributed by atoms with Crippen LogP contribution in [0.25, 0.3) is 0 Å². The summed E-state index contributed by atoms with van der Waals surface area (Å²) in [6, 6.07) is 1.28. The second kappa shape index (κ2) is 8.43. The number of benzene rings is 1. The van der Waals surface area contributed by atoms with Crippen molar-refractivity contribution in [1.29, 1.82) is 0 Å². The number of nitrogens with one attached hydrogen (secondary N) is 1. The zero-order valence-electron chi connectivity index (χ0n) is 16.6. The van der Waals surface area contributed by atoms with Crippen molar-refractivity contribution < 1.29 is 31.5 Å². The van der Waals surface area contributed by atoms with E-state index in [1.54, 1.807) is 0 Å². The fourth-order valence-electron chi connectivity index (χ4n) is 4.13. The van der Waals surface area contributed by atoms with Gasteiger partial charge in [-0.05, 0) is 37.2 Å². The van der Waals surface area contributed by atoms with Gasteiger partial charge < -0.3 is 15.0 Å². The number of aryl methyl sites for hydroxylation is 1. The number of aromatic nitrogens is 1. The third-order valence-corrected chi connectivity index (χ3v) is 7.61. The summed E-state index contributed by atoms with van der Waals surface area (Å²) in [5.74, 6) is -5.67. The van der Waals surface area contributed by atoms with Crippen molar-refractivity contribution >= 4 is 21.4 Å². The largest absolute Gasteiger partial charge is 0.396 e. The molecule has 1 aromatic heterocycles. The van der Waals surface area contributed by atoms with E-state index in [1.807, 2.05) is 0 Å². The van der Waals surface area contributed by atoms with Crippen molar-refractivity contribution in [2.75, 3.05) is 17.7 Å². The summed E-state index contributed by atoms with van der Waals surface area (Å²) in [4.78, 5) is 12.6. The van der Waals surface area contributed by atoms with E-state index in [-0.39, 0.29) is 46.0 Å². The Morgan fingerprint density at radius 1 is 1.20 bits per heavy atom. The predicted octanol–water partition coefficient (Wildman–Crippen LogP) is 3.19. The van der Waals surface area contributed by atoms with Crippen LogP contribution >= 0.6 is 0 Å². The average molecular weight is 444 g/mol. The van der Waals surface area contributed by atoms with E-state index >= 15 is 0 Å². The van der Waals surface area contributed by atoms with Crippen LogP contribution in [0.3, 0.4) is 0 Å². The van der Waals surface area contributed by atoms with Gasteiger partial charge in [0.05, 0.1) is 10.6 Å². The second-order valence-corrected chi connectivity index (χ2v) is 9.70. The molecule has 1 saturated carbocycles.